The second kappa shape index (κ2) is 4.59. The minimum atomic E-state index is -0.184. The fourth-order valence-electron chi connectivity index (χ4n) is 2.04. The molecule has 0 heterocycles. The number of likely N-dealkylation sites (N-methyl/N-ethyl adjacent to an activating group) is 1. The van der Waals surface area contributed by atoms with Gasteiger partial charge in [-0.15, -0.1) is 0 Å². The molecule has 0 aliphatic heterocycles. The van der Waals surface area contributed by atoms with Crippen LogP contribution in [0.15, 0.2) is 0 Å². The van der Waals surface area contributed by atoms with E-state index >= 15 is 0 Å². The summed E-state index contributed by atoms with van der Waals surface area (Å²) >= 11 is 0. The van der Waals surface area contributed by atoms with E-state index < -0.39 is 0 Å². The summed E-state index contributed by atoms with van der Waals surface area (Å²) in [7, 11) is 1.99. The smallest absolute Gasteiger partial charge is 0.0695 e. The van der Waals surface area contributed by atoms with E-state index in [4.69, 9.17) is 5.26 Å². The van der Waals surface area contributed by atoms with E-state index in [2.05, 4.69) is 11.0 Å². The summed E-state index contributed by atoms with van der Waals surface area (Å²) in [5, 5.41) is 18.3. The third kappa shape index (κ3) is 2.68. The largest absolute Gasteiger partial charge is 0.391 e. The SMILES string of the molecule is CC(C#N)CN(C)[C@H]1CCC[C@@H]1O. The van der Waals surface area contributed by atoms with Crippen LogP contribution in [0.5, 0.6) is 0 Å². The molecule has 0 aromatic heterocycles. The predicted molar refractivity (Wildman–Crippen MR) is 51.1 cm³/mol. The Labute approximate surface area is 80.0 Å². The lowest BCUT2D eigenvalue weighted by Crippen LogP contribution is -2.39. The maximum atomic E-state index is 9.62. The van der Waals surface area contributed by atoms with E-state index in [0.717, 1.165) is 25.8 Å². The molecular formula is C10H18N2O. The average Bonchev–Trinajstić information content (AvgIpc) is 2.51. The molecule has 0 amide bonds. The third-order valence-corrected chi connectivity index (χ3v) is 2.79. The van der Waals surface area contributed by atoms with Crippen LogP contribution in [0, 0.1) is 17.2 Å². The van der Waals surface area contributed by atoms with Crippen molar-refractivity contribution in [3.8, 4) is 6.07 Å². The first-order valence-corrected chi connectivity index (χ1v) is 4.93. The highest BCUT2D eigenvalue weighted by atomic mass is 16.3. The Morgan fingerprint density at radius 3 is 2.77 bits per heavy atom. The third-order valence-electron chi connectivity index (χ3n) is 2.79. The van der Waals surface area contributed by atoms with Gasteiger partial charge in [-0.05, 0) is 33.2 Å². The van der Waals surface area contributed by atoms with Crippen molar-refractivity contribution in [1.29, 1.82) is 5.26 Å². The number of aliphatic hydroxyl groups is 1. The average molecular weight is 182 g/mol. The van der Waals surface area contributed by atoms with Crippen molar-refractivity contribution >= 4 is 0 Å². The number of hydrogen-bond donors (Lipinski definition) is 1. The topological polar surface area (TPSA) is 47.3 Å². The minimum Gasteiger partial charge on any atom is -0.391 e. The van der Waals surface area contributed by atoms with E-state index in [1.807, 2.05) is 14.0 Å². The number of nitrogens with zero attached hydrogens (tertiary/aromatic N) is 2. The Kier molecular flexibility index (Phi) is 3.71. The molecule has 3 nitrogen and oxygen atoms in total. The van der Waals surface area contributed by atoms with Gasteiger partial charge in [0.2, 0.25) is 0 Å². The van der Waals surface area contributed by atoms with Gasteiger partial charge in [0, 0.05) is 12.6 Å². The highest BCUT2D eigenvalue weighted by Crippen LogP contribution is 2.23. The fraction of sp³-hybridized carbons (Fsp3) is 0.900. The lowest BCUT2D eigenvalue weighted by molar-refractivity contribution is 0.0824. The molecule has 1 rings (SSSR count). The van der Waals surface area contributed by atoms with E-state index in [-0.39, 0.29) is 18.1 Å². The summed E-state index contributed by atoms with van der Waals surface area (Å²) in [6, 6.07) is 2.48. The lowest BCUT2D eigenvalue weighted by Gasteiger charge is -2.27. The van der Waals surface area contributed by atoms with Gasteiger partial charge in [-0.3, -0.25) is 4.90 Å². The molecule has 0 aromatic carbocycles. The summed E-state index contributed by atoms with van der Waals surface area (Å²) in [5.41, 5.74) is 0. The van der Waals surface area contributed by atoms with Crippen molar-refractivity contribution in [3.63, 3.8) is 0 Å². The van der Waals surface area contributed by atoms with Crippen LogP contribution >= 0.6 is 0 Å². The second-order valence-corrected chi connectivity index (χ2v) is 4.04. The first-order valence-electron chi connectivity index (χ1n) is 4.93. The van der Waals surface area contributed by atoms with E-state index in [0.29, 0.717) is 0 Å². The van der Waals surface area contributed by atoms with Gasteiger partial charge in [-0.2, -0.15) is 5.26 Å². The summed E-state index contributed by atoms with van der Waals surface area (Å²) < 4.78 is 0. The molecule has 1 N–H and O–H groups in total. The number of aliphatic hydroxyl groups excluding tert-OH is 1. The van der Waals surface area contributed by atoms with Gasteiger partial charge in [0.1, 0.15) is 0 Å². The summed E-state index contributed by atoms with van der Waals surface area (Å²) in [5.74, 6) is 0.0535. The molecule has 3 atom stereocenters. The van der Waals surface area contributed by atoms with Gasteiger partial charge in [-0.25, -0.2) is 0 Å². The summed E-state index contributed by atoms with van der Waals surface area (Å²) in [6.07, 6.45) is 2.90. The minimum absolute atomic E-state index is 0.0535. The molecule has 13 heavy (non-hydrogen) atoms. The maximum Gasteiger partial charge on any atom is 0.0695 e. The van der Waals surface area contributed by atoms with Gasteiger partial charge in [0.15, 0.2) is 0 Å². The van der Waals surface area contributed by atoms with Crippen molar-refractivity contribution < 1.29 is 5.11 Å². The summed E-state index contributed by atoms with van der Waals surface area (Å²) in [4.78, 5) is 2.12. The molecule has 1 unspecified atom stereocenters. The van der Waals surface area contributed by atoms with Gasteiger partial charge < -0.3 is 5.11 Å². The molecular weight excluding hydrogens is 164 g/mol. The van der Waals surface area contributed by atoms with Crippen LogP contribution in [0.4, 0.5) is 0 Å². The van der Waals surface area contributed by atoms with Crippen LogP contribution in [-0.4, -0.2) is 35.7 Å². The second-order valence-electron chi connectivity index (χ2n) is 4.04. The highest BCUT2D eigenvalue weighted by molar-refractivity contribution is 4.87. The van der Waals surface area contributed by atoms with Gasteiger partial charge in [0.05, 0.1) is 18.1 Å². The molecule has 3 heteroatoms. The molecule has 0 spiro atoms. The first kappa shape index (κ1) is 10.5. The van der Waals surface area contributed by atoms with Gasteiger partial charge >= 0.3 is 0 Å². The van der Waals surface area contributed by atoms with E-state index in [9.17, 15) is 5.11 Å². The Morgan fingerprint density at radius 2 is 2.31 bits per heavy atom. The predicted octanol–water partition coefficient (Wildman–Crippen LogP) is 0.991. The highest BCUT2D eigenvalue weighted by Gasteiger charge is 2.28. The van der Waals surface area contributed by atoms with Crippen LogP contribution in [-0.2, 0) is 0 Å². The molecule has 1 aliphatic rings. The molecule has 0 radical (unpaired) electrons. The molecule has 1 aliphatic carbocycles. The zero-order chi connectivity index (χ0) is 9.84. The normalized spacial score (nSPS) is 30.4. The molecule has 74 valence electrons. The molecule has 0 bridgehead atoms. The maximum absolute atomic E-state index is 9.62. The molecule has 1 saturated carbocycles. The zero-order valence-corrected chi connectivity index (χ0v) is 8.40. The standard InChI is InChI=1S/C10H18N2O/c1-8(6-11)7-12(2)9-4-3-5-10(9)13/h8-10,13H,3-5,7H2,1-2H3/t8?,9-,10-/m0/s1. The molecule has 0 saturated heterocycles. The molecule has 1 fully saturated rings. The van der Waals surface area contributed by atoms with Crippen molar-refractivity contribution in [3.05, 3.63) is 0 Å². The zero-order valence-electron chi connectivity index (χ0n) is 8.40. The van der Waals surface area contributed by atoms with Crippen LogP contribution in [0.1, 0.15) is 26.2 Å². The van der Waals surface area contributed by atoms with E-state index in [1.54, 1.807) is 0 Å². The van der Waals surface area contributed by atoms with Crippen LogP contribution < -0.4 is 0 Å². The monoisotopic (exact) mass is 182 g/mol. The van der Waals surface area contributed by atoms with Crippen molar-refractivity contribution in [2.75, 3.05) is 13.6 Å². The molecule has 0 aromatic rings. The van der Waals surface area contributed by atoms with Crippen LogP contribution in [0.3, 0.4) is 0 Å². The number of nitriles is 1. The Hall–Kier alpha value is -0.590. The quantitative estimate of drug-likeness (QED) is 0.708. The first-order chi connectivity index (χ1) is 6.15. The summed E-state index contributed by atoms with van der Waals surface area (Å²) in [6.45, 7) is 2.68. The van der Waals surface area contributed by atoms with Gasteiger partial charge in [0.25, 0.3) is 0 Å². The van der Waals surface area contributed by atoms with Crippen LogP contribution in [0.2, 0.25) is 0 Å². The Balaban J connectivity index is 2.39. The lowest BCUT2D eigenvalue weighted by atomic mass is 10.1. The van der Waals surface area contributed by atoms with E-state index in [1.165, 1.54) is 0 Å². The fourth-order valence-corrected chi connectivity index (χ4v) is 2.04. The number of hydrogen-bond acceptors (Lipinski definition) is 3. The van der Waals surface area contributed by atoms with Crippen molar-refractivity contribution in [1.82, 2.24) is 4.90 Å². The van der Waals surface area contributed by atoms with Crippen molar-refractivity contribution in [2.24, 2.45) is 5.92 Å². The Bertz CT molecular complexity index is 200. The Morgan fingerprint density at radius 1 is 1.62 bits per heavy atom. The number of rotatable bonds is 3. The van der Waals surface area contributed by atoms with Gasteiger partial charge in [-0.1, -0.05) is 0 Å². The van der Waals surface area contributed by atoms with Crippen LogP contribution in [0.25, 0.3) is 0 Å². The van der Waals surface area contributed by atoms with Crippen molar-refractivity contribution in [2.45, 2.75) is 38.3 Å².